The third-order valence-corrected chi connectivity index (χ3v) is 3.81. The molecule has 3 rings (SSSR count). The van der Waals surface area contributed by atoms with Crippen LogP contribution in [-0.2, 0) is 0 Å². The van der Waals surface area contributed by atoms with Gasteiger partial charge in [-0.1, -0.05) is 36.4 Å². The molecule has 1 atom stereocenters. The predicted molar refractivity (Wildman–Crippen MR) is 98.8 cm³/mol. The molecule has 128 valence electrons. The SMILES string of the molecule is CC(NC(=O)c1cnc(Nc2cccc(C#N)c2)nc1)c1ccccc1. The number of nitriles is 1. The molecule has 0 aliphatic heterocycles. The van der Waals surface area contributed by atoms with Crippen molar-refractivity contribution >= 4 is 17.5 Å². The topological polar surface area (TPSA) is 90.7 Å². The fraction of sp³-hybridized carbons (Fsp3) is 0.100. The average Bonchev–Trinajstić information content (AvgIpc) is 2.69. The molecule has 6 heteroatoms. The molecule has 0 saturated heterocycles. The van der Waals surface area contributed by atoms with Crippen molar-refractivity contribution in [3.8, 4) is 6.07 Å². The minimum atomic E-state index is -0.237. The molecule has 2 aromatic carbocycles. The van der Waals surface area contributed by atoms with Crippen molar-refractivity contribution in [2.24, 2.45) is 0 Å². The van der Waals surface area contributed by atoms with Gasteiger partial charge in [-0.05, 0) is 30.7 Å². The van der Waals surface area contributed by atoms with Gasteiger partial charge in [-0.15, -0.1) is 0 Å². The second-order valence-corrected chi connectivity index (χ2v) is 5.72. The molecule has 2 N–H and O–H groups in total. The molecule has 0 radical (unpaired) electrons. The lowest BCUT2D eigenvalue weighted by atomic mass is 10.1. The van der Waals surface area contributed by atoms with Gasteiger partial charge in [0.05, 0.1) is 23.2 Å². The van der Waals surface area contributed by atoms with E-state index in [1.165, 1.54) is 12.4 Å². The Kier molecular flexibility index (Phi) is 5.20. The summed E-state index contributed by atoms with van der Waals surface area (Å²) in [6.07, 6.45) is 2.94. The van der Waals surface area contributed by atoms with E-state index in [0.29, 0.717) is 22.8 Å². The fourth-order valence-electron chi connectivity index (χ4n) is 2.41. The van der Waals surface area contributed by atoms with E-state index >= 15 is 0 Å². The minimum Gasteiger partial charge on any atom is -0.345 e. The van der Waals surface area contributed by atoms with E-state index in [1.54, 1.807) is 18.2 Å². The zero-order chi connectivity index (χ0) is 18.4. The Hall–Kier alpha value is -3.72. The van der Waals surface area contributed by atoms with E-state index < -0.39 is 0 Å². The molecule has 0 aliphatic carbocycles. The van der Waals surface area contributed by atoms with E-state index in [1.807, 2.05) is 43.3 Å². The van der Waals surface area contributed by atoms with Gasteiger partial charge in [0.15, 0.2) is 0 Å². The predicted octanol–water partition coefficient (Wildman–Crippen LogP) is 3.58. The van der Waals surface area contributed by atoms with E-state index in [-0.39, 0.29) is 11.9 Å². The Labute approximate surface area is 151 Å². The number of hydrogen-bond acceptors (Lipinski definition) is 5. The van der Waals surface area contributed by atoms with Gasteiger partial charge < -0.3 is 10.6 Å². The van der Waals surface area contributed by atoms with Gasteiger partial charge in [0.25, 0.3) is 5.91 Å². The molecule has 0 aliphatic rings. The summed E-state index contributed by atoms with van der Waals surface area (Å²) in [5, 5.41) is 14.9. The van der Waals surface area contributed by atoms with Crippen LogP contribution in [0.25, 0.3) is 0 Å². The van der Waals surface area contributed by atoms with E-state index in [4.69, 9.17) is 5.26 Å². The molecule has 1 heterocycles. The third kappa shape index (κ3) is 4.22. The fourth-order valence-corrected chi connectivity index (χ4v) is 2.41. The summed E-state index contributed by atoms with van der Waals surface area (Å²) in [7, 11) is 0. The first-order valence-electron chi connectivity index (χ1n) is 8.11. The summed E-state index contributed by atoms with van der Waals surface area (Å²) in [4.78, 5) is 20.7. The number of nitrogens with zero attached hydrogens (tertiary/aromatic N) is 3. The standard InChI is InChI=1S/C20H17N5O/c1-14(16-7-3-2-4-8-16)24-19(26)17-12-22-20(23-13-17)25-18-9-5-6-15(10-18)11-21/h2-10,12-14H,1H3,(H,24,26)(H,22,23,25). The van der Waals surface area contributed by atoms with Gasteiger partial charge in [-0.3, -0.25) is 4.79 Å². The smallest absolute Gasteiger partial charge is 0.254 e. The average molecular weight is 343 g/mol. The van der Waals surface area contributed by atoms with Gasteiger partial charge in [-0.25, -0.2) is 9.97 Å². The quantitative estimate of drug-likeness (QED) is 0.739. The summed E-state index contributed by atoms with van der Waals surface area (Å²) < 4.78 is 0. The number of benzene rings is 2. The molecular formula is C20H17N5O. The first kappa shape index (κ1) is 17.1. The normalized spacial score (nSPS) is 11.2. The molecular weight excluding hydrogens is 326 g/mol. The van der Waals surface area contributed by atoms with Crippen LogP contribution >= 0.6 is 0 Å². The maximum Gasteiger partial charge on any atom is 0.254 e. The highest BCUT2D eigenvalue weighted by molar-refractivity contribution is 5.93. The van der Waals surface area contributed by atoms with Crippen molar-refractivity contribution < 1.29 is 4.79 Å². The van der Waals surface area contributed by atoms with Crippen LogP contribution in [0.15, 0.2) is 67.0 Å². The number of anilines is 2. The lowest BCUT2D eigenvalue weighted by molar-refractivity contribution is 0.0939. The van der Waals surface area contributed by atoms with Gasteiger partial charge in [-0.2, -0.15) is 5.26 Å². The lowest BCUT2D eigenvalue weighted by Crippen LogP contribution is -2.26. The number of nitrogens with one attached hydrogen (secondary N) is 2. The second kappa shape index (κ2) is 7.90. The Balaban J connectivity index is 1.65. The monoisotopic (exact) mass is 343 g/mol. The Bertz CT molecular complexity index is 932. The Morgan fingerprint density at radius 3 is 2.50 bits per heavy atom. The summed E-state index contributed by atoms with van der Waals surface area (Å²) in [6.45, 7) is 1.92. The third-order valence-electron chi connectivity index (χ3n) is 3.81. The number of carbonyl (C=O) groups excluding carboxylic acids is 1. The highest BCUT2D eigenvalue weighted by atomic mass is 16.1. The zero-order valence-corrected chi connectivity index (χ0v) is 14.2. The molecule has 0 fully saturated rings. The van der Waals surface area contributed by atoms with Crippen molar-refractivity contribution in [2.45, 2.75) is 13.0 Å². The summed E-state index contributed by atoms with van der Waals surface area (Å²) in [5.74, 6) is 0.118. The highest BCUT2D eigenvalue weighted by Crippen LogP contribution is 2.15. The number of carbonyl (C=O) groups is 1. The maximum atomic E-state index is 12.3. The van der Waals surface area contributed by atoms with Crippen LogP contribution < -0.4 is 10.6 Å². The molecule has 0 saturated carbocycles. The maximum absolute atomic E-state index is 12.3. The Morgan fingerprint density at radius 2 is 1.81 bits per heavy atom. The Morgan fingerprint density at radius 1 is 1.08 bits per heavy atom. The van der Waals surface area contributed by atoms with Crippen molar-refractivity contribution in [1.29, 1.82) is 5.26 Å². The lowest BCUT2D eigenvalue weighted by Gasteiger charge is -2.14. The van der Waals surface area contributed by atoms with Crippen LogP contribution in [0.5, 0.6) is 0 Å². The zero-order valence-electron chi connectivity index (χ0n) is 14.2. The molecule has 1 aromatic heterocycles. The molecule has 6 nitrogen and oxygen atoms in total. The second-order valence-electron chi connectivity index (χ2n) is 5.72. The van der Waals surface area contributed by atoms with Crippen molar-refractivity contribution in [3.05, 3.63) is 83.7 Å². The molecule has 1 unspecified atom stereocenters. The van der Waals surface area contributed by atoms with Crippen LogP contribution in [0, 0.1) is 11.3 Å². The van der Waals surface area contributed by atoms with Crippen LogP contribution in [0.2, 0.25) is 0 Å². The first-order valence-corrected chi connectivity index (χ1v) is 8.11. The molecule has 3 aromatic rings. The van der Waals surface area contributed by atoms with E-state index in [2.05, 4.69) is 26.7 Å². The van der Waals surface area contributed by atoms with Gasteiger partial charge >= 0.3 is 0 Å². The van der Waals surface area contributed by atoms with Crippen LogP contribution in [0.3, 0.4) is 0 Å². The molecule has 26 heavy (non-hydrogen) atoms. The van der Waals surface area contributed by atoms with Gasteiger partial charge in [0.2, 0.25) is 5.95 Å². The van der Waals surface area contributed by atoms with Crippen molar-refractivity contribution in [1.82, 2.24) is 15.3 Å². The van der Waals surface area contributed by atoms with Crippen LogP contribution in [-0.4, -0.2) is 15.9 Å². The van der Waals surface area contributed by atoms with E-state index in [9.17, 15) is 4.79 Å². The van der Waals surface area contributed by atoms with Crippen molar-refractivity contribution in [2.75, 3.05) is 5.32 Å². The van der Waals surface area contributed by atoms with Crippen molar-refractivity contribution in [3.63, 3.8) is 0 Å². The summed E-state index contributed by atoms with van der Waals surface area (Å²) in [5.41, 5.74) is 2.65. The largest absolute Gasteiger partial charge is 0.345 e. The highest BCUT2D eigenvalue weighted by Gasteiger charge is 2.12. The number of aromatic nitrogens is 2. The van der Waals surface area contributed by atoms with Gasteiger partial charge in [0, 0.05) is 18.1 Å². The van der Waals surface area contributed by atoms with Gasteiger partial charge in [0.1, 0.15) is 0 Å². The molecule has 0 spiro atoms. The first-order chi connectivity index (χ1) is 12.7. The molecule has 1 amide bonds. The summed E-state index contributed by atoms with van der Waals surface area (Å²) >= 11 is 0. The molecule has 0 bridgehead atoms. The summed E-state index contributed by atoms with van der Waals surface area (Å²) in [6, 6.07) is 18.7. The number of amides is 1. The number of rotatable bonds is 5. The minimum absolute atomic E-state index is 0.116. The van der Waals surface area contributed by atoms with Crippen LogP contribution in [0.4, 0.5) is 11.6 Å². The number of hydrogen-bond donors (Lipinski definition) is 2. The van der Waals surface area contributed by atoms with E-state index in [0.717, 1.165) is 5.56 Å². The van der Waals surface area contributed by atoms with Crippen LogP contribution in [0.1, 0.15) is 34.5 Å².